The number of amides is 2. The number of carboxylic acid groups (broad SMARTS) is 1. The zero-order chi connectivity index (χ0) is 23.8. The Morgan fingerprint density at radius 2 is 1.33 bits per heavy atom. The van der Waals surface area contributed by atoms with Gasteiger partial charge >= 0.3 is 5.97 Å². The maximum absolute atomic E-state index is 12.3. The van der Waals surface area contributed by atoms with Crippen molar-refractivity contribution in [3.63, 3.8) is 0 Å². The number of ether oxygens (including phenoxy) is 1. The van der Waals surface area contributed by atoms with Gasteiger partial charge in [0.15, 0.2) is 0 Å². The van der Waals surface area contributed by atoms with Crippen molar-refractivity contribution in [2.45, 2.75) is 51.6 Å². The second-order valence-corrected chi connectivity index (χ2v) is 8.74. The molecule has 0 bridgehead atoms. The fraction of sp³-hybridized carbons (Fsp3) is 0.423. The van der Waals surface area contributed by atoms with Crippen molar-refractivity contribution in [3.05, 3.63) is 65.2 Å². The lowest BCUT2D eigenvalue weighted by Crippen LogP contribution is -2.34. The van der Waals surface area contributed by atoms with Crippen molar-refractivity contribution in [1.82, 2.24) is 10.6 Å². The first kappa shape index (κ1) is 24.3. The van der Waals surface area contributed by atoms with E-state index >= 15 is 0 Å². The van der Waals surface area contributed by atoms with Gasteiger partial charge in [0.05, 0.1) is 12.0 Å². The van der Waals surface area contributed by atoms with Gasteiger partial charge in [-0.25, -0.2) is 0 Å². The molecule has 1 fully saturated rings. The van der Waals surface area contributed by atoms with Crippen molar-refractivity contribution in [2.24, 2.45) is 5.92 Å². The molecule has 0 aliphatic heterocycles. The zero-order valence-corrected chi connectivity index (χ0v) is 19.2. The predicted octanol–water partition coefficient (Wildman–Crippen LogP) is 3.99. The number of hydrogen-bond donors (Lipinski definition) is 3. The van der Waals surface area contributed by atoms with Crippen molar-refractivity contribution in [1.29, 1.82) is 0 Å². The molecule has 2 aromatic carbocycles. The molecule has 2 aromatic rings. The molecule has 0 aromatic heterocycles. The molecule has 0 heterocycles. The van der Waals surface area contributed by atoms with E-state index in [-0.39, 0.29) is 23.8 Å². The van der Waals surface area contributed by atoms with Crippen LogP contribution >= 0.6 is 0 Å². The summed E-state index contributed by atoms with van der Waals surface area (Å²) in [7, 11) is 0. The average Bonchev–Trinajstić information content (AvgIpc) is 2.82. The lowest BCUT2D eigenvalue weighted by Gasteiger charge is -2.26. The second kappa shape index (κ2) is 11.5. The topological polar surface area (TPSA) is 105 Å². The van der Waals surface area contributed by atoms with Crippen LogP contribution in [0.15, 0.2) is 48.5 Å². The van der Waals surface area contributed by atoms with Crippen LogP contribution in [0.2, 0.25) is 0 Å². The van der Waals surface area contributed by atoms with E-state index < -0.39 is 5.97 Å². The molecular formula is C26H32N2O5. The van der Waals surface area contributed by atoms with Gasteiger partial charge in [-0.2, -0.15) is 0 Å². The van der Waals surface area contributed by atoms with E-state index in [9.17, 15) is 14.4 Å². The molecule has 176 valence electrons. The summed E-state index contributed by atoms with van der Waals surface area (Å²) in [5, 5.41) is 14.7. The van der Waals surface area contributed by atoms with Crippen molar-refractivity contribution in [3.8, 4) is 5.75 Å². The summed E-state index contributed by atoms with van der Waals surface area (Å²) in [6.07, 6.45) is 2.69. The van der Waals surface area contributed by atoms with E-state index in [0.29, 0.717) is 61.6 Å². The molecule has 7 nitrogen and oxygen atoms in total. The second-order valence-electron chi connectivity index (χ2n) is 8.74. The molecule has 7 heteroatoms. The van der Waals surface area contributed by atoms with Crippen LogP contribution in [0.5, 0.6) is 5.75 Å². The van der Waals surface area contributed by atoms with E-state index in [1.54, 1.807) is 24.3 Å². The smallest absolute Gasteiger partial charge is 0.306 e. The lowest BCUT2D eigenvalue weighted by atomic mass is 9.87. The summed E-state index contributed by atoms with van der Waals surface area (Å²) >= 11 is 0. The fourth-order valence-electron chi connectivity index (χ4n) is 3.88. The number of carbonyl (C=O) groups is 3. The SMILES string of the molecule is CC(C)c1ccc(C(=O)NCCNC(=O)c2ccc(O[C@H]3CC[C@@H](C(=O)O)CC3)cc2)cc1. The van der Waals surface area contributed by atoms with Gasteiger partial charge in [-0.3, -0.25) is 14.4 Å². The van der Waals surface area contributed by atoms with Crippen molar-refractivity contribution in [2.75, 3.05) is 13.1 Å². The Morgan fingerprint density at radius 1 is 0.848 bits per heavy atom. The van der Waals surface area contributed by atoms with Crippen LogP contribution in [0.3, 0.4) is 0 Å². The molecule has 1 aliphatic carbocycles. The summed E-state index contributed by atoms with van der Waals surface area (Å²) < 4.78 is 5.93. The molecular weight excluding hydrogens is 420 g/mol. The molecule has 1 saturated carbocycles. The predicted molar refractivity (Wildman–Crippen MR) is 126 cm³/mol. The molecule has 0 spiro atoms. The quantitative estimate of drug-likeness (QED) is 0.499. The van der Waals surface area contributed by atoms with E-state index in [0.717, 1.165) is 0 Å². The van der Waals surface area contributed by atoms with Crippen molar-refractivity contribution < 1.29 is 24.2 Å². The van der Waals surface area contributed by atoms with Crippen LogP contribution in [0.1, 0.15) is 71.7 Å². The minimum atomic E-state index is -0.733. The summed E-state index contributed by atoms with van der Waals surface area (Å²) in [5.41, 5.74) is 2.28. The first-order valence-electron chi connectivity index (χ1n) is 11.5. The van der Waals surface area contributed by atoms with E-state index in [1.165, 1.54) is 5.56 Å². The Bertz CT molecular complexity index is 946. The van der Waals surface area contributed by atoms with Crippen LogP contribution in [-0.4, -0.2) is 42.1 Å². The molecule has 0 atom stereocenters. The molecule has 0 saturated heterocycles. The number of carbonyl (C=O) groups excluding carboxylic acids is 2. The van der Waals surface area contributed by atoms with Crippen LogP contribution in [0, 0.1) is 5.92 Å². The number of carboxylic acids is 1. The largest absolute Gasteiger partial charge is 0.490 e. The number of rotatable bonds is 9. The molecule has 1 aliphatic rings. The standard InChI is InChI=1S/C26H32N2O5/c1-17(2)18-3-5-19(6-4-18)24(29)27-15-16-28-25(30)20-7-11-22(12-8-20)33-23-13-9-21(10-14-23)26(31)32/h3-8,11-12,17,21,23H,9-10,13-16H2,1-2H3,(H,27,29)(H,28,30)(H,31,32)/t21-,23+. The van der Waals surface area contributed by atoms with Gasteiger partial charge < -0.3 is 20.5 Å². The summed E-state index contributed by atoms with van der Waals surface area (Å²) in [5.74, 6) is -0.315. The van der Waals surface area contributed by atoms with Crippen molar-refractivity contribution >= 4 is 17.8 Å². The number of benzene rings is 2. The first-order chi connectivity index (χ1) is 15.8. The van der Waals surface area contributed by atoms with E-state index in [1.807, 2.05) is 24.3 Å². The number of aliphatic carboxylic acids is 1. The highest BCUT2D eigenvalue weighted by Gasteiger charge is 2.26. The lowest BCUT2D eigenvalue weighted by molar-refractivity contribution is -0.143. The summed E-state index contributed by atoms with van der Waals surface area (Å²) in [6.45, 7) is 4.86. The molecule has 2 amide bonds. The maximum atomic E-state index is 12.3. The van der Waals surface area contributed by atoms with Crippen LogP contribution in [0.25, 0.3) is 0 Å². The number of hydrogen-bond acceptors (Lipinski definition) is 4. The highest BCUT2D eigenvalue weighted by molar-refractivity contribution is 5.95. The van der Waals surface area contributed by atoms with Gasteiger partial charge in [0, 0.05) is 24.2 Å². The van der Waals surface area contributed by atoms with E-state index in [2.05, 4.69) is 24.5 Å². The monoisotopic (exact) mass is 452 g/mol. The minimum Gasteiger partial charge on any atom is -0.490 e. The molecule has 3 N–H and O–H groups in total. The third-order valence-corrected chi connectivity index (χ3v) is 5.98. The molecule has 0 radical (unpaired) electrons. The summed E-state index contributed by atoms with van der Waals surface area (Å²) in [6, 6.07) is 14.4. The Kier molecular flexibility index (Phi) is 8.46. The zero-order valence-electron chi connectivity index (χ0n) is 19.2. The van der Waals surface area contributed by atoms with Gasteiger partial charge in [0.25, 0.3) is 11.8 Å². The fourth-order valence-corrected chi connectivity index (χ4v) is 3.88. The van der Waals surface area contributed by atoms with Crippen LogP contribution < -0.4 is 15.4 Å². The van der Waals surface area contributed by atoms with Gasteiger partial charge in [0.1, 0.15) is 5.75 Å². The first-order valence-corrected chi connectivity index (χ1v) is 11.5. The minimum absolute atomic E-state index is 0.00506. The normalized spacial score (nSPS) is 17.9. The van der Waals surface area contributed by atoms with Crippen LogP contribution in [-0.2, 0) is 4.79 Å². The maximum Gasteiger partial charge on any atom is 0.306 e. The molecule has 3 rings (SSSR count). The van der Waals surface area contributed by atoms with Gasteiger partial charge in [-0.05, 0) is 73.6 Å². The van der Waals surface area contributed by atoms with Gasteiger partial charge in [-0.15, -0.1) is 0 Å². The van der Waals surface area contributed by atoms with Crippen LogP contribution in [0.4, 0.5) is 0 Å². The Morgan fingerprint density at radius 3 is 1.79 bits per heavy atom. The van der Waals surface area contributed by atoms with E-state index in [4.69, 9.17) is 9.84 Å². The van der Waals surface area contributed by atoms with Gasteiger partial charge in [-0.1, -0.05) is 26.0 Å². The van der Waals surface area contributed by atoms with Gasteiger partial charge in [0.2, 0.25) is 0 Å². The Balaban J connectivity index is 1.38. The molecule has 33 heavy (non-hydrogen) atoms. The Hall–Kier alpha value is -3.35. The highest BCUT2D eigenvalue weighted by Crippen LogP contribution is 2.28. The summed E-state index contributed by atoms with van der Waals surface area (Å²) in [4.78, 5) is 35.6. The highest BCUT2D eigenvalue weighted by atomic mass is 16.5. The number of nitrogens with one attached hydrogen (secondary N) is 2. The third-order valence-electron chi connectivity index (χ3n) is 5.98. The average molecular weight is 453 g/mol. The molecule has 0 unspecified atom stereocenters. The third kappa shape index (κ3) is 7.07. The Labute approximate surface area is 194 Å².